The Morgan fingerprint density at radius 2 is 2.05 bits per heavy atom. The third-order valence-electron chi connectivity index (χ3n) is 3.35. The van der Waals surface area contributed by atoms with Crippen LogP contribution >= 0.6 is 12.2 Å². The van der Waals surface area contributed by atoms with E-state index in [0.29, 0.717) is 11.7 Å². The second kappa shape index (κ2) is 4.59. The Morgan fingerprint density at radius 3 is 2.84 bits per heavy atom. The summed E-state index contributed by atoms with van der Waals surface area (Å²) >= 11 is 5.07. The maximum Gasteiger partial charge on any atom is 0.162 e. The number of anilines is 2. The van der Waals surface area contributed by atoms with Crippen molar-refractivity contribution in [3.63, 3.8) is 0 Å². The minimum absolute atomic E-state index is 0.277. The Bertz CT molecular complexity index is 641. The lowest BCUT2D eigenvalue weighted by Crippen LogP contribution is -2.28. The van der Waals surface area contributed by atoms with Crippen molar-refractivity contribution in [2.24, 2.45) is 5.73 Å². The van der Waals surface area contributed by atoms with Crippen LogP contribution in [-0.2, 0) is 6.42 Å². The fraction of sp³-hybridized carbons (Fsp3) is 0.214. The third-order valence-corrected chi connectivity index (χ3v) is 3.54. The van der Waals surface area contributed by atoms with Crippen molar-refractivity contribution < 1.29 is 0 Å². The number of fused-ring (bicyclic) bond motifs is 1. The Kier molecular flexibility index (Phi) is 2.91. The predicted octanol–water partition coefficient (Wildman–Crippen LogP) is 2.19. The fourth-order valence-electron chi connectivity index (χ4n) is 2.57. The average molecular weight is 270 g/mol. The molecule has 1 aromatic carbocycles. The lowest BCUT2D eigenvalue weighted by atomic mass is 10.1. The molecule has 0 bridgehead atoms. The normalized spacial score (nSPS) is 17.3. The summed E-state index contributed by atoms with van der Waals surface area (Å²) in [5.41, 5.74) is 8.81. The third kappa shape index (κ3) is 1.96. The molecule has 3 rings (SSSR count). The van der Waals surface area contributed by atoms with Gasteiger partial charge in [0.15, 0.2) is 5.82 Å². The van der Waals surface area contributed by atoms with Crippen LogP contribution in [0.1, 0.15) is 18.2 Å². The molecule has 1 atom stereocenters. The van der Waals surface area contributed by atoms with Crippen molar-refractivity contribution in [2.75, 3.05) is 4.90 Å². The summed E-state index contributed by atoms with van der Waals surface area (Å²) in [5, 5.41) is 0. The van der Waals surface area contributed by atoms with Crippen molar-refractivity contribution in [1.29, 1.82) is 0 Å². The van der Waals surface area contributed by atoms with Gasteiger partial charge in [-0.3, -0.25) is 0 Å². The smallest absolute Gasteiger partial charge is 0.162 e. The van der Waals surface area contributed by atoms with Crippen molar-refractivity contribution in [1.82, 2.24) is 9.97 Å². The van der Waals surface area contributed by atoms with Gasteiger partial charge in [-0.05, 0) is 25.0 Å². The second-order valence-electron chi connectivity index (χ2n) is 4.64. The van der Waals surface area contributed by atoms with E-state index in [1.54, 1.807) is 12.4 Å². The van der Waals surface area contributed by atoms with Crippen LogP contribution in [-0.4, -0.2) is 21.0 Å². The highest BCUT2D eigenvalue weighted by atomic mass is 32.1. The topological polar surface area (TPSA) is 55.0 Å². The molecule has 0 spiro atoms. The molecule has 0 saturated heterocycles. The van der Waals surface area contributed by atoms with Gasteiger partial charge in [-0.1, -0.05) is 30.4 Å². The molecule has 4 nitrogen and oxygen atoms in total. The minimum Gasteiger partial charge on any atom is -0.388 e. The van der Waals surface area contributed by atoms with E-state index in [1.807, 2.05) is 6.07 Å². The molecule has 0 fully saturated rings. The van der Waals surface area contributed by atoms with Gasteiger partial charge in [-0.25, -0.2) is 9.97 Å². The number of hydrogen-bond acceptors (Lipinski definition) is 4. The first-order chi connectivity index (χ1) is 9.18. The first-order valence-corrected chi connectivity index (χ1v) is 6.57. The van der Waals surface area contributed by atoms with E-state index < -0.39 is 0 Å². The van der Waals surface area contributed by atoms with E-state index in [2.05, 4.69) is 40.0 Å². The van der Waals surface area contributed by atoms with Crippen molar-refractivity contribution in [3.05, 3.63) is 47.9 Å². The second-order valence-corrected chi connectivity index (χ2v) is 5.08. The molecule has 1 aliphatic heterocycles. The maximum absolute atomic E-state index is 5.75. The fourth-order valence-corrected chi connectivity index (χ4v) is 2.71. The molecule has 1 aromatic heterocycles. The number of nitrogens with two attached hydrogens (primary N) is 1. The summed E-state index contributed by atoms with van der Waals surface area (Å²) in [6.07, 6.45) is 4.28. The van der Waals surface area contributed by atoms with Gasteiger partial charge < -0.3 is 10.6 Å². The number of nitrogens with zero attached hydrogens (tertiary/aromatic N) is 3. The van der Waals surface area contributed by atoms with Crippen molar-refractivity contribution >= 4 is 28.7 Å². The molecular formula is C14H14N4S. The van der Waals surface area contributed by atoms with Gasteiger partial charge in [0.05, 0.1) is 0 Å². The minimum atomic E-state index is 0.277. The van der Waals surface area contributed by atoms with E-state index in [1.165, 1.54) is 5.56 Å². The molecule has 0 aliphatic carbocycles. The van der Waals surface area contributed by atoms with Crippen LogP contribution in [0.3, 0.4) is 0 Å². The number of aromatic nitrogens is 2. The zero-order chi connectivity index (χ0) is 13.4. The van der Waals surface area contributed by atoms with Gasteiger partial charge in [-0.2, -0.15) is 0 Å². The molecule has 2 aromatic rings. The van der Waals surface area contributed by atoms with E-state index in [0.717, 1.165) is 17.9 Å². The summed E-state index contributed by atoms with van der Waals surface area (Å²) in [5.74, 6) is 0.743. The molecule has 0 saturated carbocycles. The zero-order valence-corrected chi connectivity index (χ0v) is 11.4. The number of hydrogen-bond donors (Lipinski definition) is 1. The quantitative estimate of drug-likeness (QED) is 0.848. The zero-order valence-electron chi connectivity index (χ0n) is 10.6. The number of benzene rings is 1. The van der Waals surface area contributed by atoms with Crippen LogP contribution in [0.5, 0.6) is 0 Å². The van der Waals surface area contributed by atoms with E-state index in [4.69, 9.17) is 18.0 Å². The largest absolute Gasteiger partial charge is 0.388 e. The monoisotopic (exact) mass is 270 g/mol. The lowest BCUT2D eigenvalue weighted by Gasteiger charge is -2.25. The molecular weight excluding hydrogens is 256 g/mol. The average Bonchev–Trinajstić information content (AvgIpc) is 2.74. The lowest BCUT2D eigenvalue weighted by molar-refractivity contribution is 0.747. The molecule has 2 heterocycles. The number of para-hydroxylation sites is 1. The van der Waals surface area contributed by atoms with Gasteiger partial charge in [0.25, 0.3) is 0 Å². The predicted molar refractivity (Wildman–Crippen MR) is 79.7 cm³/mol. The summed E-state index contributed by atoms with van der Waals surface area (Å²) < 4.78 is 0. The SMILES string of the molecule is CC1Cc2ccccc2N1c1nccnc1C(N)=S. The van der Waals surface area contributed by atoms with Crippen LogP contribution in [0.2, 0.25) is 0 Å². The van der Waals surface area contributed by atoms with Crippen LogP contribution in [0.15, 0.2) is 36.7 Å². The Hall–Kier alpha value is -2.01. The highest BCUT2D eigenvalue weighted by molar-refractivity contribution is 7.80. The van der Waals surface area contributed by atoms with Gasteiger partial charge >= 0.3 is 0 Å². The molecule has 0 radical (unpaired) electrons. The van der Waals surface area contributed by atoms with Crippen LogP contribution in [0.4, 0.5) is 11.5 Å². The summed E-state index contributed by atoms with van der Waals surface area (Å²) in [4.78, 5) is 11.1. The van der Waals surface area contributed by atoms with Gasteiger partial charge in [0.2, 0.25) is 0 Å². The van der Waals surface area contributed by atoms with Crippen molar-refractivity contribution in [3.8, 4) is 0 Å². The van der Waals surface area contributed by atoms with E-state index in [-0.39, 0.29) is 4.99 Å². The molecule has 96 valence electrons. The van der Waals surface area contributed by atoms with Crippen LogP contribution in [0.25, 0.3) is 0 Å². The Balaban J connectivity index is 2.15. The number of rotatable bonds is 2. The highest BCUT2D eigenvalue weighted by Gasteiger charge is 2.29. The first-order valence-electron chi connectivity index (χ1n) is 6.16. The van der Waals surface area contributed by atoms with E-state index in [9.17, 15) is 0 Å². The Labute approximate surface area is 117 Å². The summed E-state index contributed by atoms with van der Waals surface area (Å²) in [6.45, 7) is 2.16. The molecule has 0 amide bonds. The first kappa shape index (κ1) is 12.0. The highest BCUT2D eigenvalue weighted by Crippen LogP contribution is 2.37. The van der Waals surface area contributed by atoms with Crippen molar-refractivity contribution in [2.45, 2.75) is 19.4 Å². The van der Waals surface area contributed by atoms with Crippen LogP contribution in [0, 0.1) is 0 Å². The molecule has 1 unspecified atom stereocenters. The molecule has 2 N–H and O–H groups in total. The molecule has 19 heavy (non-hydrogen) atoms. The standard InChI is InChI=1S/C14H14N4S/c1-9-8-10-4-2-3-5-11(10)18(9)14-12(13(15)19)16-6-7-17-14/h2-7,9H,8H2,1H3,(H2,15,19). The Morgan fingerprint density at radius 1 is 1.32 bits per heavy atom. The van der Waals surface area contributed by atoms with Crippen LogP contribution < -0.4 is 10.6 Å². The molecule has 5 heteroatoms. The van der Waals surface area contributed by atoms with Gasteiger partial charge in [0.1, 0.15) is 10.7 Å². The number of thiocarbonyl (C=S) groups is 1. The summed E-state index contributed by atoms with van der Waals surface area (Å²) in [6, 6.07) is 8.64. The maximum atomic E-state index is 5.75. The summed E-state index contributed by atoms with van der Waals surface area (Å²) in [7, 11) is 0. The van der Waals surface area contributed by atoms with Gasteiger partial charge in [0, 0.05) is 24.1 Å². The van der Waals surface area contributed by atoms with Gasteiger partial charge in [-0.15, -0.1) is 0 Å². The van der Waals surface area contributed by atoms with E-state index >= 15 is 0 Å². The molecule has 1 aliphatic rings.